The number of hydrogen-bond acceptors (Lipinski definition) is 5. The van der Waals surface area contributed by atoms with Crippen molar-refractivity contribution in [3.8, 4) is 0 Å². The van der Waals surface area contributed by atoms with E-state index in [4.69, 9.17) is 4.74 Å². The molecule has 2 rings (SSSR count). The number of aromatic nitrogens is 2. The van der Waals surface area contributed by atoms with Gasteiger partial charge in [-0.05, 0) is 52.6 Å². The van der Waals surface area contributed by atoms with Gasteiger partial charge < -0.3 is 10.1 Å². The van der Waals surface area contributed by atoms with Crippen molar-refractivity contribution in [2.75, 3.05) is 13.1 Å². The SMILES string of the molecule is CC(=O)c1n[nH]c(C(=O)OC(C)(C)C)c1C1CCNCC1. The molecule has 1 saturated heterocycles. The molecule has 2 N–H and O–H groups in total. The summed E-state index contributed by atoms with van der Waals surface area (Å²) < 4.78 is 5.41. The van der Waals surface area contributed by atoms with Gasteiger partial charge in [0.25, 0.3) is 0 Å². The number of piperidine rings is 1. The third kappa shape index (κ3) is 3.69. The minimum absolute atomic E-state index is 0.130. The normalized spacial score (nSPS) is 16.8. The van der Waals surface area contributed by atoms with Crippen molar-refractivity contribution in [3.63, 3.8) is 0 Å². The molecule has 116 valence electrons. The van der Waals surface area contributed by atoms with Crippen molar-refractivity contribution >= 4 is 11.8 Å². The van der Waals surface area contributed by atoms with Gasteiger partial charge in [0.15, 0.2) is 5.78 Å². The lowest BCUT2D eigenvalue weighted by Crippen LogP contribution is -2.29. The third-order valence-corrected chi connectivity index (χ3v) is 3.49. The van der Waals surface area contributed by atoms with Gasteiger partial charge in [-0.15, -0.1) is 0 Å². The fourth-order valence-corrected chi connectivity index (χ4v) is 2.61. The molecule has 0 atom stereocenters. The van der Waals surface area contributed by atoms with Crippen molar-refractivity contribution in [1.82, 2.24) is 15.5 Å². The molecule has 1 aliphatic rings. The molecule has 6 nitrogen and oxygen atoms in total. The van der Waals surface area contributed by atoms with Crippen LogP contribution in [0.15, 0.2) is 0 Å². The molecule has 1 fully saturated rings. The van der Waals surface area contributed by atoms with Crippen molar-refractivity contribution in [3.05, 3.63) is 17.0 Å². The summed E-state index contributed by atoms with van der Waals surface area (Å²) in [5.41, 5.74) is 0.826. The summed E-state index contributed by atoms with van der Waals surface area (Å²) in [4.78, 5) is 24.1. The largest absolute Gasteiger partial charge is 0.455 e. The number of carbonyl (C=O) groups is 2. The highest BCUT2D eigenvalue weighted by Crippen LogP contribution is 2.31. The number of ether oxygens (including phenoxy) is 1. The number of H-pyrrole nitrogens is 1. The Balaban J connectivity index is 2.37. The summed E-state index contributed by atoms with van der Waals surface area (Å²) in [6.07, 6.45) is 1.77. The molecule has 0 aromatic carbocycles. The van der Waals surface area contributed by atoms with E-state index < -0.39 is 11.6 Å². The number of nitrogens with one attached hydrogen (secondary N) is 2. The number of esters is 1. The average molecular weight is 293 g/mol. The Kier molecular flexibility index (Phi) is 4.46. The Bertz CT molecular complexity index is 537. The Labute approximate surface area is 124 Å². The Morgan fingerprint density at radius 3 is 2.38 bits per heavy atom. The molecule has 0 saturated carbocycles. The van der Waals surface area contributed by atoms with Crippen LogP contribution in [0.25, 0.3) is 0 Å². The van der Waals surface area contributed by atoms with E-state index >= 15 is 0 Å². The number of carbonyl (C=O) groups excluding carboxylic acids is 2. The number of hydrogen-bond donors (Lipinski definition) is 2. The Morgan fingerprint density at radius 1 is 1.24 bits per heavy atom. The second kappa shape index (κ2) is 5.97. The maximum atomic E-state index is 12.3. The Hall–Kier alpha value is -1.69. The van der Waals surface area contributed by atoms with Gasteiger partial charge in [-0.1, -0.05) is 0 Å². The van der Waals surface area contributed by atoms with Crippen LogP contribution in [0, 0.1) is 0 Å². The molecule has 1 aliphatic heterocycles. The monoisotopic (exact) mass is 293 g/mol. The molecule has 0 radical (unpaired) electrons. The smallest absolute Gasteiger partial charge is 0.357 e. The van der Waals surface area contributed by atoms with Crippen LogP contribution >= 0.6 is 0 Å². The van der Waals surface area contributed by atoms with E-state index in [0.29, 0.717) is 11.4 Å². The zero-order chi connectivity index (χ0) is 15.6. The van der Waals surface area contributed by atoms with Gasteiger partial charge >= 0.3 is 5.97 Å². The number of rotatable bonds is 3. The van der Waals surface area contributed by atoms with Crippen molar-refractivity contribution in [2.24, 2.45) is 0 Å². The topological polar surface area (TPSA) is 84.1 Å². The highest BCUT2D eigenvalue weighted by molar-refractivity contribution is 5.98. The molecular formula is C15H23N3O3. The van der Waals surface area contributed by atoms with Gasteiger partial charge in [0.2, 0.25) is 0 Å². The molecule has 0 unspecified atom stereocenters. The summed E-state index contributed by atoms with van der Waals surface area (Å²) in [5, 5.41) is 10.0. The molecule has 21 heavy (non-hydrogen) atoms. The number of Topliss-reactive ketones (excluding diaryl/α,β-unsaturated/α-hetero) is 1. The van der Waals surface area contributed by atoms with Crippen LogP contribution in [0.4, 0.5) is 0 Å². The van der Waals surface area contributed by atoms with Crippen molar-refractivity contribution < 1.29 is 14.3 Å². The van der Waals surface area contributed by atoms with E-state index in [-0.39, 0.29) is 11.7 Å². The van der Waals surface area contributed by atoms with Crippen LogP contribution in [0.1, 0.15) is 73.0 Å². The van der Waals surface area contributed by atoms with E-state index in [1.54, 1.807) is 0 Å². The second-order valence-corrected chi connectivity index (χ2v) is 6.44. The third-order valence-electron chi connectivity index (χ3n) is 3.49. The molecule has 0 bridgehead atoms. The van der Waals surface area contributed by atoms with Crippen molar-refractivity contribution in [1.29, 1.82) is 0 Å². The predicted molar refractivity (Wildman–Crippen MR) is 78.6 cm³/mol. The minimum Gasteiger partial charge on any atom is -0.455 e. The van der Waals surface area contributed by atoms with E-state index in [1.165, 1.54) is 6.92 Å². The summed E-state index contributed by atoms with van der Waals surface area (Å²) in [6, 6.07) is 0. The predicted octanol–water partition coefficient (Wildman–Crippen LogP) is 2.03. The first-order valence-corrected chi connectivity index (χ1v) is 7.33. The summed E-state index contributed by atoms with van der Waals surface area (Å²) >= 11 is 0. The molecule has 1 aromatic heterocycles. The molecular weight excluding hydrogens is 270 g/mol. The molecule has 0 amide bonds. The fourth-order valence-electron chi connectivity index (χ4n) is 2.61. The van der Waals surface area contributed by atoms with Crippen LogP contribution in [0.5, 0.6) is 0 Å². The quantitative estimate of drug-likeness (QED) is 0.658. The minimum atomic E-state index is -0.579. The van der Waals surface area contributed by atoms with Gasteiger partial charge in [-0.2, -0.15) is 5.10 Å². The van der Waals surface area contributed by atoms with E-state index in [2.05, 4.69) is 15.5 Å². The van der Waals surface area contributed by atoms with Crippen molar-refractivity contribution in [2.45, 2.75) is 52.1 Å². The summed E-state index contributed by atoms with van der Waals surface area (Å²) in [6.45, 7) is 8.67. The lowest BCUT2D eigenvalue weighted by Gasteiger charge is -2.24. The zero-order valence-electron chi connectivity index (χ0n) is 13.1. The lowest BCUT2D eigenvalue weighted by atomic mass is 9.87. The fraction of sp³-hybridized carbons (Fsp3) is 0.667. The van der Waals surface area contributed by atoms with Gasteiger partial charge in [0.1, 0.15) is 17.0 Å². The summed E-state index contributed by atoms with van der Waals surface area (Å²) in [7, 11) is 0. The van der Waals surface area contributed by atoms with Gasteiger partial charge in [-0.25, -0.2) is 4.79 Å². The lowest BCUT2D eigenvalue weighted by molar-refractivity contribution is 0.00608. The van der Waals surface area contributed by atoms with Crippen LogP contribution in [0.3, 0.4) is 0 Å². The average Bonchev–Trinajstić information content (AvgIpc) is 2.82. The number of ketones is 1. The first kappa shape index (κ1) is 15.7. The first-order valence-electron chi connectivity index (χ1n) is 7.33. The Morgan fingerprint density at radius 2 is 1.86 bits per heavy atom. The maximum Gasteiger partial charge on any atom is 0.357 e. The van der Waals surface area contributed by atoms with Gasteiger partial charge in [0.05, 0.1) is 0 Å². The maximum absolute atomic E-state index is 12.3. The molecule has 1 aromatic rings. The highest BCUT2D eigenvalue weighted by atomic mass is 16.6. The second-order valence-electron chi connectivity index (χ2n) is 6.44. The van der Waals surface area contributed by atoms with E-state index in [1.807, 2.05) is 20.8 Å². The summed E-state index contributed by atoms with van der Waals surface area (Å²) in [5.74, 6) is -0.419. The zero-order valence-corrected chi connectivity index (χ0v) is 13.1. The molecule has 2 heterocycles. The first-order chi connectivity index (χ1) is 9.79. The molecule has 0 spiro atoms. The van der Waals surface area contributed by atoms with Crippen LogP contribution in [0.2, 0.25) is 0 Å². The van der Waals surface area contributed by atoms with Gasteiger partial charge in [-0.3, -0.25) is 9.89 Å². The molecule has 6 heteroatoms. The standard InChI is InChI=1S/C15H23N3O3/c1-9(19)12-11(10-5-7-16-8-6-10)13(18-17-12)14(20)21-15(2,3)4/h10,16H,5-8H2,1-4H3,(H,17,18). The van der Waals surface area contributed by atoms with E-state index in [9.17, 15) is 9.59 Å². The number of nitrogens with zero attached hydrogens (tertiary/aromatic N) is 1. The highest BCUT2D eigenvalue weighted by Gasteiger charge is 2.31. The van der Waals surface area contributed by atoms with Crippen LogP contribution in [-0.2, 0) is 4.74 Å². The molecule has 0 aliphatic carbocycles. The van der Waals surface area contributed by atoms with Crippen LogP contribution < -0.4 is 5.32 Å². The number of aromatic amines is 1. The van der Waals surface area contributed by atoms with Gasteiger partial charge in [0, 0.05) is 12.5 Å². The van der Waals surface area contributed by atoms with Crippen LogP contribution in [-0.4, -0.2) is 40.6 Å². The van der Waals surface area contributed by atoms with E-state index in [0.717, 1.165) is 31.5 Å².